The summed E-state index contributed by atoms with van der Waals surface area (Å²) in [6, 6.07) is 16.1. The van der Waals surface area contributed by atoms with Gasteiger partial charge < -0.3 is 5.73 Å². The molecule has 5 nitrogen and oxygen atoms in total. The molecule has 0 aliphatic heterocycles. The van der Waals surface area contributed by atoms with E-state index in [0.29, 0.717) is 0 Å². The van der Waals surface area contributed by atoms with E-state index in [9.17, 15) is 0 Å². The molecule has 0 saturated heterocycles. The van der Waals surface area contributed by atoms with Crippen molar-refractivity contribution < 1.29 is 4.57 Å². The lowest BCUT2D eigenvalue weighted by atomic mass is 10.0. The number of aromatic nitrogens is 2. The van der Waals surface area contributed by atoms with Crippen molar-refractivity contribution in [2.75, 3.05) is 5.73 Å². The number of rotatable bonds is 4. The van der Waals surface area contributed by atoms with Crippen LogP contribution in [-0.2, 0) is 20.5 Å². The van der Waals surface area contributed by atoms with E-state index in [2.05, 4.69) is 34.5 Å². The van der Waals surface area contributed by atoms with Crippen LogP contribution in [-0.4, -0.2) is 4.57 Å². The predicted octanol–water partition coefficient (Wildman–Crippen LogP) is 3.44. The zero-order chi connectivity index (χ0) is 16.2. The molecular weight excluding hydrogens is 286 g/mol. The first-order valence-corrected chi connectivity index (χ1v) is 7.48. The smallest absolute Gasteiger partial charge is 0.399 e. The summed E-state index contributed by atoms with van der Waals surface area (Å²) in [7, 11) is 3.90. The van der Waals surface area contributed by atoms with Gasteiger partial charge in [-0.15, -0.1) is 0 Å². The van der Waals surface area contributed by atoms with E-state index in [1.165, 1.54) is 11.1 Å². The summed E-state index contributed by atoms with van der Waals surface area (Å²) < 4.78 is 3.86. The Balaban J connectivity index is 1.71. The number of nitrogens with two attached hydrogens (primary N) is 1. The van der Waals surface area contributed by atoms with E-state index in [4.69, 9.17) is 5.73 Å². The Morgan fingerprint density at radius 1 is 0.957 bits per heavy atom. The quantitative estimate of drug-likeness (QED) is 0.448. The second-order valence-electron chi connectivity index (χ2n) is 5.60. The highest BCUT2D eigenvalue weighted by atomic mass is 15.3. The van der Waals surface area contributed by atoms with Gasteiger partial charge in [-0.05, 0) is 41.8 Å². The average Bonchev–Trinajstić information content (AvgIpc) is 2.88. The molecule has 3 aromatic rings. The number of nitrogens with zero attached hydrogens (tertiary/aromatic N) is 4. The van der Waals surface area contributed by atoms with Crippen molar-refractivity contribution in [2.24, 2.45) is 24.3 Å². The van der Waals surface area contributed by atoms with Gasteiger partial charge in [-0.25, -0.2) is 9.13 Å². The van der Waals surface area contributed by atoms with Crippen molar-refractivity contribution in [3.63, 3.8) is 0 Å². The van der Waals surface area contributed by atoms with Gasteiger partial charge in [0.2, 0.25) is 0 Å². The fraction of sp³-hybridized carbons (Fsp3) is 0.167. The van der Waals surface area contributed by atoms with Crippen LogP contribution in [0.5, 0.6) is 0 Å². The SMILES string of the molecule is Cn1cc[n+](C)c1N=Nc1ccc(Cc2ccc(N)cc2)cc1. The van der Waals surface area contributed by atoms with Crippen LogP contribution in [0.4, 0.5) is 17.3 Å². The molecule has 0 amide bonds. The van der Waals surface area contributed by atoms with E-state index >= 15 is 0 Å². The first-order chi connectivity index (χ1) is 11.1. The first-order valence-electron chi connectivity index (χ1n) is 7.48. The molecule has 0 saturated carbocycles. The molecule has 23 heavy (non-hydrogen) atoms. The lowest BCUT2D eigenvalue weighted by Crippen LogP contribution is -2.25. The van der Waals surface area contributed by atoms with Crippen molar-refractivity contribution in [3.05, 3.63) is 72.1 Å². The Morgan fingerprint density at radius 3 is 2.13 bits per heavy atom. The van der Waals surface area contributed by atoms with E-state index < -0.39 is 0 Å². The molecule has 2 aromatic carbocycles. The number of azo groups is 1. The Bertz CT molecular complexity index is 794. The van der Waals surface area contributed by atoms with Crippen molar-refractivity contribution in [1.82, 2.24) is 4.57 Å². The normalized spacial score (nSPS) is 11.2. The van der Waals surface area contributed by atoms with E-state index in [0.717, 1.165) is 23.7 Å². The summed E-state index contributed by atoms with van der Waals surface area (Å²) in [4.78, 5) is 0. The molecule has 2 N–H and O–H groups in total. The van der Waals surface area contributed by atoms with Gasteiger partial charge in [0.1, 0.15) is 5.69 Å². The summed E-state index contributed by atoms with van der Waals surface area (Å²) in [5.74, 6) is 0.802. The third-order valence-electron chi connectivity index (χ3n) is 3.72. The number of imidazole rings is 1. The van der Waals surface area contributed by atoms with E-state index in [1.54, 1.807) is 0 Å². The molecule has 0 aliphatic rings. The minimum atomic E-state index is 0.790. The summed E-state index contributed by atoms with van der Waals surface area (Å²) in [5.41, 5.74) is 9.81. The third kappa shape index (κ3) is 3.63. The van der Waals surface area contributed by atoms with Crippen LogP contribution in [0.25, 0.3) is 0 Å². The summed E-state index contributed by atoms with van der Waals surface area (Å²) >= 11 is 0. The monoisotopic (exact) mass is 306 g/mol. The van der Waals surface area contributed by atoms with Crippen molar-refractivity contribution in [2.45, 2.75) is 6.42 Å². The van der Waals surface area contributed by atoms with Crippen LogP contribution < -0.4 is 10.3 Å². The number of hydrogen-bond donors (Lipinski definition) is 1. The molecule has 116 valence electrons. The van der Waals surface area contributed by atoms with Crippen LogP contribution in [0.15, 0.2) is 71.2 Å². The van der Waals surface area contributed by atoms with Gasteiger partial charge in [0, 0.05) is 10.8 Å². The molecule has 0 unspecified atom stereocenters. The standard InChI is InChI=1S/C18H20N5/c1-22-11-12-23(2)18(22)21-20-17-9-5-15(6-10-17)13-14-3-7-16(19)8-4-14/h3-12H,13,19H2,1-2H3/q+1. The van der Waals surface area contributed by atoms with Crippen molar-refractivity contribution >= 4 is 17.3 Å². The lowest BCUT2D eigenvalue weighted by Gasteiger charge is -2.02. The molecule has 1 aromatic heterocycles. The maximum atomic E-state index is 5.71. The second kappa shape index (κ2) is 6.44. The average molecular weight is 306 g/mol. The molecule has 0 bridgehead atoms. The fourth-order valence-electron chi connectivity index (χ4n) is 2.38. The first kappa shape index (κ1) is 15.0. The van der Waals surface area contributed by atoms with Gasteiger partial charge in [-0.1, -0.05) is 29.4 Å². The Labute approximate surface area is 135 Å². The van der Waals surface area contributed by atoms with Gasteiger partial charge in [-0.3, -0.25) is 0 Å². The Morgan fingerprint density at radius 2 is 1.57 bits per heavy atom. The van der Waals surface area contributed by atoms with Gasteiger partial charge in [-0.2, -0.15) is 0 Å². The highest BCUT2D eigenvalue weighted by molar-refractivity contribution is 5.43. The van der Waals surface area contributed by atoms with Crippen LogP contribution in [0.1, 0.15) is 11.1 Å². The summed E-state index contributed by atoms with van der Waals surface area (Å²) in [6.07, 6.45) is 4.78. The molecular formula is C18H20N5+. The number of anilines is 1. The number of benzene rings is 2. The van der Waals surface area contributed by atoms with Crippen LogP contribution >= 0.6 is 0 Å². The predicted molar refractivity (Wildman–Crippen MR) is 90.9 cm³/mol. The molecule has 3 rings (SSSR count). The minimum absolute atomic E-state index is 0.790. The van der Waals surface area contributed by atoms with Gasteiger partial charge >= 0.3 is 5.95 Å². The molecule has 0 atom stereocenters. The zero-order valence-corrected chi connectivity index (χ0v) is 13.3. The van der Waals surface area contributed by atoms with E-state index in [1.807, 2.05) is 59.9 Å². The molecule has 0 radical (unpaired) electrons. The highest BCUT2D eigenvalue weighted by Crippen LogP contribution is 2.18. The zero-order valence-electron chi connectivity index (χ0n) is 13.3. The van der Waals surface area contributed by atoms with Gasteiger partial charge in [0.05, 0.1) is 26.5 Å². The third-order valence-corrected chi connectivity index (χ3v) is 3.72. The summed E-state index contributed by atoms with van der Waals surface area (Å²) in [5, 5.41) is 8.59. The molecule has 0 spiro atoms. The van der Waals surface area contributed by atoms with Crippen molar-refractivity contribution in [1.29, 1.82) is 0 Å². The Kier molecular flexibility index (Phi) is 4.19. The van der Waals surface area contributed by atoms with Gasteiger partial charge in [0.15, 0.2) is 0 Å². The number of aryl methyl sites for hydroxylation is 2. The van der Waals surface area contributed by atoms with Crippen LogP contribution in [0, 0.1) is 0 Å². The Hall–Kier alpha value is -2.95. The lowest BCUT2D eigenvalue weighted by molar-refractivity contribution is -0.657. The maximum absolute atomic E-state index is 5.71. The topological polar surface area (TPSA) is 59.5 Å². The largest absolute Gasteiger partial charge is 0.421 e. The minimum Gasteiger partial charge on any atom is -0.399 e. The second-order valence-corrected chi connectivity index (χ2v) is 5.60. The molecule has 0 aliphatic carbocycles. The van der Waals surface area contributed by atoms with Crippen LogP contribution in [0.3, 0.4) is 0 Å². The fourth-order valence-corrected chi connectivity index (χ4v) is 2.38. The number of nitrogen functional groups attached to an aromatic ring is 1. The molecule has 1 heterocycles. The molecule has 0 fully saturated rings. The molecule has 5 heteroatoms. The van der Waals surface area contributed by atoms with E-state index in [-0.39, 0.29) is 0 Å². The van der Waals surface area contributed by atoms with Crippen molar-refractivity contribution in [3.8, 4) is 0 Å². The number of hydrogen-bond acceptors (Lipinski definition) is 3. The summed E-state index contributed by atoms with van der Waals surface area (Å²) in [6.45, 7) is 0. The van der Waals surface area contributed by atoms with Crippen LogP contribution in [0.2, 0.25) is 0 Å². The maximum Gasteiger partial charge on any atom is 0.421 e. The van der Waals surface area contributed by atoms with Gasteiger partial charge in [0.25, 0.3) is 0 Å². The highest BCUT2D eigenvalue weighted by Gasteiger charge is 2.10.